The Bertz CT molecular complexity index is 762. The average molecular weight is 314 g/mol. The number of carbonyl (C=O) groups excluding carboxylic acids is 1. The summed E-state index contributed by atoms with van der Waals surface area (Å²) in [5.74, 6) is -0.664. The first-order valence-corrected chi connectivity index (χ1v) is 7.60. The van der Waals surface area contributed by atoms with Crippen molar-refractivity contribution in [1.82, 2.24) is 9.88 Å². The van der Waals surface area contributed by atoms with Crippen LogP contribution in [-0.4, -0.2) is 34.0 Å². The second-order valence-corrected chi connectivity index (χ2v) is 6.43. The number of likely N-dealkylation sites (tertiary alicyclic amines) is 1. The fraction of sp³-hybridized carbons (Fsp3) is 0.333. The Kier molecular flexibility index (Phi) is 3.80. The van der Waals surface area contributed by atoms with Crippen molar-refractivity contribution in [1.29, 1.82) is 0 Å². The zero-order chi connectivity index (χ0) is 16.6. The minimum Gasteiger partial charge on any atom is -0.505 e. The third-order valence-corrected chi connectivity index (χ3v) is 4.49. The third kappa shape index (κ3) is 2.91. The van der Waals surface area contributed by atoms with E-state index in [1.165, 1.54) is 18.2 Å². The Balaban J connectivity index is 1.83. The van der Waals surface area contributed by atoms with E-state index in [2.05, 4.69) is 4.98 Å². The molecule has 3 rings (SSSR count). The number of halogens is 1. The number of hydrogen-bond donors (Lipinski definition) is 1. The summed E-state index contributed by atoms with van der Waals surface area (Å²) in [5.41, 5.74) is 1.45. The lowest BCUT2D eigenvalue weighted by molar-refractivity contribution is 0.0775. The molecular weight excluding hydrogens is 295 g/mol. The quantitative estimate of drug-likeness (QED) is 0.927. The third-order valence-electron chi connectivity index (χ3n) is 4.49. The molecule has 5 heteroatoms. The van der Waals surface area contributed by atoms with E-state index in [1.54, 1.807) is 24.1 Å². The highest BCUT2D eigenvalue weighted by atomic mass is 19.1. The molecule has 1 fully saturated rings. The Morgan fingerprint density at radius 2 is 2.17 bits per heavy atom. The number of amides is 1. The fourth-order valence-corrected chi connectivity index (χ4v) is 3.10. The van der Waals surface area contributed by atoms with E-state index in [0.29, 0.717) is 13.1 Å². The summed E-state index contributed by atoms with van der Waals surface area (Å²) in [4.78, 5) is 18.3. The topological polar surface area (TPSA) is 53.4 Å². The van der Waals surface area contributed by atoms with Gasteiger partial charge in [-0.3, -0.25) is 4.79 Å². The molecule has 1 saturated heterocycles. The predicted octanol–water partition coefficient (Wildman–Crippen LogP) is 3.04. The Labute approximate surface area is 134 Å². The molecule has 0 aliphatic carbocycles. The van der Waals surface area contributed by atoms with Gasteiger partial charge in [-0.15, -0.1) is 0 Å². The number of aryl methyl sites for hydroxylation is 1. The zero-order valence-corrected chi connectivity index (χ0v) is 13.2. The molecule has 0 spiro atoms. The standard InChI is InChI=1S/C18H19FN2O2/c1-12-8-15(22)16(20-10-12)17(23)21-7-6-18(2,11-21)13-4-3-5-14(19)9-13/h3-5,8-10,22H,6-7,11H2,1-2H3. The van der Waals surface area contributed by atoms with Crippen molar-refractivity contribution in [3.8, 4) is 5.75 Å². The number of rotatable bonds is 2. The molecule has 2 heterocycles. The van der Waals surface area contributed by atoms with Crippen LogP contribution in [0, 0.1) is 12.7 Å². The van der Waals surface area contributed by atoms with Crippen molar-refractivity contribution in [2.24, 2.45) is 0 Å². The highest BCUT2D eigenvalue weighted by Gasteiger charge is 2.38. The van der Waals surface area contributed by atoms with Crippen molar-refractivity contribution < 1.29 is 14.3 Å². The number of aromatic nitrogens is 1. The van der Waals surface area contributed by atoms with Crippen molar-refractivity contribution in [3.05, 3.63) is 59.2 Å². The largest absolute Gasteiger partial charge is 0.505 e. The van der Waals surface area contributed by atoms with E-state index in [4.69, 9.17) is 0 Å². The second-order valence-electron chi connectivity index (χ2n) is 6.43. The van der Waals surface area contributed by atoms with Crippen LogP contribution in [0.3, 0.4) is 0 Å². The number of aromatic hydroxyl groups is 1. The summed E-state index contributed by atoms with van der Waals surface area (Å²) in [7, 11) is 0. The van der Waals surface area contributed by atoms with Gasteiger partial charge in [-0.25, -0.2) is 9.37 Å². The first-order valence-electron chi connectivity index (χ1n) is 7.60. The molecule has 0 radical (unpaired) electrons. The molecule has 1 aliphatic rings. The van der Waals surface area contributed by atoms with Crippen molar-refractivity contribution in [2.45, 2.75) is 25.7 Å². The van der Waals surface area contributed by atoms with Crippen LogP contribution in [0.25, 0.3) is 0 Å². The highest BCUT2D eigenvalue weighted by molar-refractivity contribution is 5.95. The molecule has 1 aromatic carbocycles. The van der Waals surface area contributed by atoms with Gasteiger partial charge in [-0.05, 0) is 42.7 Å². The molecule has 1 N–H and O–H groups in total. The summed E-state index contributed by atoms with van der Waals surface area (Å²) in [5, 5.41) is 9.95. The van der Waals surface area contributed by atoms with Gasteiger partial charge in [0.05, 0.1) is 0 Å². The van der Waals surface area contributed by atoms with Crippen LogP contribution in [0.5, 0.6) is 5.75 Å². The molecule has 1 aromatic heterocycles. The van der Waals surface area contributed by atoms with Gasteiger partial charge in [-0.2, -0.15) is 0 Å². The van der Waals surface area contributed by atoms with E-state index in [9.17, 15) is 14.3 Å². The van der Waals surface area contributed by atoms with Gasteiger partial charge in [0.15, 0.2) is 5.69 Å². The van der Waals surface area contributed by atoms with Crippen molar-refractivity contribution in [2.75, 3.05) is 13.1 Å². The first kappa shape index (κ1) is 15.5. The molecule has 2 aromatic rings. The molecule has 1 aliphatic heterocycles. The maximum atomic E-state index is 13.5. The normalized spacial score (nSPS) is 20.7. The molecule has 4 nitrogen and oxygen atoms in total. The smallest absolute Gasteiger partial charge is 0.276 e. The highest BCUT2D eigenvalue weighted by Crippen LogP contribution is 2.35. The van der Waals surface area contributed by atoms with Crippen LogP contribution in [0.4, 0.5) is 4.39 Å². The second kappa shape index (κ2) is 5.65. The number of hydrogen-bond acceptors (Lipinski definition) is 3. The minimum atomic E-state index is -0.294. The Hall–Kier alpha value is -2.43. The van der Waals surface area contributed by atoms with Crippen LogP contribution in [0.2, 0.25) is 0 Å². The molecule has 120 valence electrons. The van der Waals surface area contributed by atoms with Gasteiger partial charge >= 0.3 is 0 Å². The van der Waals surface area contributed by atoms with E-state index in [1.807, 2.05) is 13.0 Å². The summed E-state index contributed by atoms with van der Waals surface area (Å²) in [6.45, 7) is 4.86. The van der Waals surface area contributed by atoms with E-state index in [0.717, 1.165) is 17.5 Å². The number of benzene rings is 1. The van der Waals surface area contributed by atoms with Crippen LogP contribution < -0.4 is 0 Å². The summed E-state index contributed by atoms with van der Waals surface area (Å²) in [6.07, 6.45) is 2.31. The SMILES string of the molecule is Cc1cnc(C(=O)N2CCC(C)(c3cccc(F)c3)C2)c(O)c1. The van der Waals surface area contributed by atoms with E-state index < -0.39 is 0 Å². The van der Waals surface area contributed by atoms with Gasteiger partial charge in [0, 0.05) is 24.7 Å². The van der Waals surface area contributed by atoms with E-state index >= 15 is 0 Å². The van der Waals surface area contributed by atoms with Gasteiger partial charge in [-0.1, -0.05) is 19.1 Å². The lowest BCUT2D eigenvalue weighted by Gasteiger charge is -2.25. The monoisotopic (exact) mass is 314 g/mol. The maximum absolute atomic E-state index is 13.5. The van der Waals surface area contributed by atoms with Crippen LogP contribution in [0.15, 0.2) is 36.5 Å². The van der Waals surface area contributed by atoms with Gasteiger partial charge in [0.25, 0.3) is 5.91 Å². The average Bonchev–Trinajstić information content (AvgIpc) is 2.91. The number of pyridine rings is 1. The molecule has 0 bridgehead atoms. The van der Waals surface area contributed by atoms with Crippen LogP contribution in [-0.2, 0) is 5.41 Å². The lowest BCUT2D eigenvalue weighted by Crippen LogP contribution is -2.33. The molecule has 23 heavy (non-hydrogen) atoms. The van der Waals surface area contributed by atoms with Crippen LogP contribution in [0.1, 0.15) is 35.0 Å². The molecule has 1 amide bonds. The Morgan fingerprint density at radius 1 is 1.39 bits per heavy atom. The zero-order valence-electron chi connectivity index (χ0n) is 13.2. The van der Waals surface area contributed by atoms with Gasteiger partial charge < -0.3 is 10.0 Å². The van der Waals surface area contributed by atoms with Gasteiger partial charge in [0.2, 0.25) is 0 Å². The summed E-state index contributed by atoms with van der Waals surface area (Å²) >= 11 is 0. The summed E-state index contributed by atoms with van der Waals surface area (Å²) < 4.78 is 13.5. The van der Waals surface area contributed by atoms with Crippen LogP contribution >= 0.6 is 0 Å². The first-order chi connectivity index (χ1) is 10.9. The maximum Gasteiger partial charge on any atom is 0.276 e. The summed E-state index contributed by atoms with van der Waals surface area (Å²) in [6, 6.07) is 8.04. The number of carbonyl (C=O) groups is 1. The molecular formula is C18H19FN2O2. The lowest BCUT2D eigenvalue weighted by atomic mass is 9.82. The van der Waals surface area contributed by atoms with E-state index in [-0.39, 0.29) is 28.6 Å². The predicted molar refractivity (Wildman–Crippen MR) is 84.9 cm³/mol. The number of nitrogens with zero attached hydrogens (tertiary/aromatic N) is 2. The Morgan fingerprint density at radius 3 is 2.87 bits per heavy atom. The fourth-order valence-electron chi connectivity index (χ4n) is 3.10. The van der Waals surface area contributed by atoms with Crippen molar-refractivity contribution in [3.63, 3.8) is 0 Å². The minimum absolute atomic E-state index is 0.0686. The van der Waals surface area contributed by atoms with Crippen molar-refractivity contribution >= 4 is 5.91 Å². The van der Waals surface area contributed by atoms with Gasteiger partial charge in [0.1, 0.15) is 11.6 Å². The molecule has 1 unspecified atom stereocenters. The molecule has 1 atom stereocenters. The molecule has 0 saturated carbocycles.